The molecule has 2 atom stereocenters. The van der Waals surface area contributed by atoms with Gasteiger partial charge >= 0.3 is 0 Å². The first-order chi connectivity index (χ1) is 12.0. The second kappa shape index (κ2) is 7.85. The molecule has 2 aliphatic rings. The molecule has 138 valence electrons. The molecule has 0 amide bonds. The van der Waals surface area contributed by atoms with Gasteiger partial charge in [0, 0.05) is 18.9 Å². The molecule has 7 heteroatoms. The van der Waals surface area contributed by atoms with Gasteiger partial charge in [0.2, 0.25) is 10.0 Å². The van der Waals surface area contributed by atoms with Gasteiger partial charge in [-0.3, -0.25) is 4.79 Å². The maximum absolute atomic E-state index is 13.1. The Morgan fingerprint density at radius 3 is 2.68 bits per heavy atom. The maximum Gasteiger partial charge on any atom is 0.243 e. The summed E-state index contributed by atoms with van der Waals surface area (Å²) in [7, 11) is -3.66. The third-order valence-corrected chi connectivity index (χ3v) is 6.77. The van der Waals surface area contributed by atoms with E-state index in [0.29, 0.717) is 25.4 Å². The fraction of sp³-hybridized carbons (Fsp3) is 0.611. The summed E-state index contributed by atoms with van der Waals surface area (Å²) in [6, 6.07) is 6.11. The molecule has 2 fully saturated rings. The molecule has 1 aliphatic heterocycles. The van der Waals surface area contributed by atoms with Crippen LogP contribution in [-0.4, -0.2) is 50.9 Å². The molecule has 1 aromatic rings. The highest BCUT2D eigenvalue weighted by Gasteiger charge is 2.42. The van der Waals surface area contributed by atoms with E-state index in [2.05, 4.69) is 0 Å². The monoisotopic (exact) mass is 367 g/mol. The van der Waals surface area contributed by atoms with Gasteiger partial charge in [0.1, 0.15) is 11.5 Å². The van der Waals surface area contributed by atoms with Gasteiger partial charge in [-0.05, 0) is 43.5 Å². The van der Waals surface area contributed by atoms with Crippen molar-refractivity contribution < 1.29 is 22.7 Å². The molecule has 0 aromatic heterocycles. The number of Topliss-reactive ketones (excluding diaryl/α,β-unsaturated/α-hetero) is 1. The van der Waals surface area contributed by atoms with E-state index in [9.17, 15) is 13.2 Å². The summed E-state index contributed by atoms with van der Waals surface area (Å²) in [6.07, 6.45) is 3.00. The van der Waals surface area contributed by atoms with Crippen molar-refractivity contribution in [3.05, 3.63) is 24.3 Å². The molecule has 6 nitrogen and oxygen atoms in total. The molecule has 1 heterocycles. The van der Waals surface area contributed by atoms with Crippen LogP contribution in [0.25, 0.3) is 0 Å². The van der Waals surface area contributed by atoms with Gasteiger partial charge in [0.15, 0.2) is 0 Å². The maximum atomic E-state index is 13.1. The second-order valence-electron chi connectivity index (χ2n) is 6.54. The highest BCUT2D eigenvalue weighted by atomic mass is 32.2. The highest BCUT2D eigenvalue weighted by Crippen LogP contribution is 2.32. The third-order valence-electron chi connectivity index (χ3n) is 4.83. The number of hydrogen-bond acceptors (Lipinski definition) is 5. The summed E-state index contributed by atoms with van der Waals surface area (Å²) >= 11 is 0. The summed E-state index contributed by atoms with van der Waals surface area (Å²) < 4.78 is 38.7. The molecule has 2 unspecified atom stereocenters. The molecule has 1 saturated heterocycles. The summed E-state index contributed by atoms with van der Waals surface area (Å²) in [5, 5.41) is 0. The lowest BCUT2D eigenvalue weighted by Crippen LogP contribution is -2.52. The van der Waals surface area contributed by atoms with Crippen LogP contribution in [0.2, 0.25) is 0 Å². The Labute approximate surface area is 149 Å². The Balaban J connectivity index is 1.82. The molecule has 0 bridgehead atoms. The van der Waals surface area contributed by atoms with Gasteiger partial charge in [-0.1, -0.05) is 6.92 Å². The third kappa shape index (κ3) is 3.88. The molecule has 0 N–H and O–H groups in total. The van der Waals surface area contributed by atoms with Crippen LogP contribution in [0.4, 0.5) is 0 Å². The normalized spacial score (nSPS) is 25.2. The van der Waals surface area contributed by atoms with E-state index in [-0.39, 0.29) is 29.7 Å². The summed E-state index contributed by atoms with van der Waals surface area (Å²) in [4.78, 5) is 12.4. The highest BCUT2D eigenvalue weighted by molar-refractivity contribution is 7.89. The number of carbonyl (C=O) groups is 1. The van der Waals surface area contributed by atoms with E-state index in [1.807, 2.05) is 6.92 Å². The quantitative estimate of drug-likeness (QED) is 0.771. The van der Waals surface area contributed by atoms with Crippen LogP contribution in [0.1, 0.15) is 32.6 Å². The van der Waals surface area contributed by atoms with Crippen molar-refractivity contribution >= 4 is 15.8 Å². The number of morpholine rings is 1. The standard InChI is InChI=1S/C18H25NO5S/c1-2-11-24-14-6-8-15(9-7-14)25(21,22)19-10-12-23-13-17(19)16-4-3-5-18(16)20/h6-9,16-17H,2-5,10-13H2,1H3. The summed E-state index contributed by atoms with van der Waals surface area (Å²) in [5.41, 5.74) is 0. The number of benzene rings is 1. The van der Waals surface area contributed by atoms with E-state index < -0.39 is 16.1 Å². The van der Waals surface area contributed by atoms with E-state index in [1.165, 1.54) is 4.31 Å². The Morgan fingerprint density at radius 2 is 2.04 bits per heavy atom. The van der Waals surface area contributed by atoms with Crippen LogP contribution >= 0.6 is 0 Å². The largest absolute Gasteiger partial charge is 0.494 e. The number of nitrogens with zero attached hydrogens (tertiary/aromatic N) is 1. The zero-order chi connectivity index (χ0) is 17.9. The van der Waals surface area contributed by atoms with Crippen LogP contribution in [0.15, 0.2) is 29.2 Å². The van der Waals surface area contributed by atoms with Crippen molar-refractivity contribution in [2.75, 3.05) is 26.4 Å². The number of rotatable bonds is 6. The zero-order valence-electron chi connectivity index (χ0n) is 14.5. The fourth-order valence-electron chi connectivity index (χ4n) is 3.54. The molecule has 1 saturated carbocycles. The average molecular weight is 367 g/mol. The van der Waals surface area contributed by atoms with E-state index >= 15 is 0 Å². The lowest BCUT2D eigenvalue weighted by molar-refractivity contribution is -0.123. The predicted molar refractivity (Wildman–Crippen MR) is 93.1 cm³/mol. The van der Waals surface area contributed by atoms with Crippen LogP contribution < -0.4 is 4.74 Å². The van der Waals surface area contributed by atoms with Gasteiger partial charge < -0.3 is 9.47 Å². The average Bonchev–Trinajstić information content (AvgIpc) is 3.06. The predicted octanol–water partition coefficient (Wildman–Crippen LogP) is 2.23. The minimum Gasteiger partial charge on any atom is -0.494 e. The molecule has 25 heavy (non-hydrogen) atoms. The SMILES string of the molecule is CCCOc1ccc(S(=O)(=O)N2CCOCC2C2CCCC2=O)cc1. The zero-order valence-corrected chi connectivity index (χ0v) is 15.3. The fourth-order valence-corrected chi connectivity index (χ4v) is 5.17. The van der Waals surface area contributed by atoms with Gasteiger partial charge in [0.25, 0.3) is 0 Å². The summed E-state index contributed by atoms with van der Waals surface area (Å²) in [6.45, 7) is 3.54. The van der Waals surface area contributed by atoms with Crippen molar-refractivity contribution in [1.82, 2.24) is 4.31 Å². The van der Waals surface area contributed by atoms with Crippen LogP contribution in [0.3, 0.4) is 0 Å². The second-order valence-corrected chi connectivity index (χ2v) is 8.43. The Kier molecular flexibility index (Phi) is 5.76. The minimum absolute atomic E-state index is 0.152. The number of ether oxygens (including phenoxy) is 2. The van der Waals surface area contributed by atoms with Crippen LogP contribution in [0, 0.1) is 5.92 Å². The molecule has 1 aliphatic carbocycles. The molecular formula is C18H25NO5S. The van der Waals surface area contributed by atoms with Gasteiger partial charge in [-0.25, -0.2) is 8.42 Å². The van der Waals surface area contributed by atoms with Crippen LogP contribution in [0.5, 0.6) is 5.75 Å². The Morgan fingerprint density at radius 1 is 1.28 bits per heavy atom. The first-order valence-corrected chi connectivity index (χ1v) is 10.3. The van der Waals surface area contributed by atoms with Gasteiger partial charge in [-0.15, -0.1) is 0 Å². The number of sulfonamides is 1. The number of hydrogen-bond donors (Lipinski definition) is 0. The minimum atomic E-state index is -3.66. The number of ketones is 1. The van der Waals surface area contributed by atoms with Gasteiger partial charge in [-0.2, -0.15) is 4.31 Å². The lowest BCUT2D eigenvalue weighted by atomic mass is 9.97. The molecule has 0 radical (unpaired) electrons. The molecule has 0 spiro atoms. The molecular weight excluding hydrogens is 342 g/mol. The molecule has 1 aromatic carbocycles. The van der Waals surface area contributed by atoms with Crippen molar-refractivity contribution in [1.29, 1.82) is 0 Å². The van der Waals surface area contributed by atoms with E-state index in [4.69, 9.17) is 9.47 Å². The summed E-state index contributed by atoms with van der Waals surface area (Å²) in [5.74, 6) is 0.562. The van der Waals surface area contributed by atoms with Crippen molar-refractivity contribution in [3.63, 3.8) is 0 Å². The number of carbonyl (C=O) groups excluding carboxylic acids is 1. The van der Waals surface area contributed by atoms with Crippen LogP contribution in [-0.2, 0) is 19.6 Å². The van der Waals surface area contributed by atoms with E-state index in [0.717, 1.165) is 19.3 Å². The van der Waals surface area contributed by atoms with Crippen molar-refractivity contribution in [2.45, 2.75) is 43.5 Å². The topological polar surface area (TPSA) is 72.9 Å². The van der Waals surface area contributed by atoms with Crippen molar-refractivity contribution in [2.24, 2.45) is 5.92 Å². The van der Waals surface area contributed by atoms with Crippen molar-refractivity contribution in [3.8, 4) is 5.75 Å². The van der Waals surface area contributed by atoms with E-state index in [1.54, 1.807) is 24.3 Å². The lowest BCUT2D eigenvalue weighted by Gasteiger charge is -2.37. The Bertz CT molecular complexity index is 701. The first kappa shape index (κ1) is 18.4. The van der Waals surface area contributed by atoms with Gasteiger partial charge in [0.05, 0.1) is 30.8 Å². The molecule has 3 rings (SSSR count). The Hall–Kier alpha value is -1.44. The smallest absolute Gasteiger partial charge is 0.243 e. The first-order valence-electron chi connectivity index (χ1n) is 8.89.